The number of hydrogen-bond donors (Lipinski definition) is 0. The first-order valence-corrected chi connectivity index (χ1v) is 17.9. The van der Waals surface area contributed by atoms with Crippen LogP contribution in [0.5, 0.6) is 0 Å². The van der Waals surface area contributed by atoms with Gasteiger partial charge in [-0.2, -0.15) is 0 Å². The maximum atomic E-state index is 12.3. The van der Waals surface area contributed by atoms with Crippen LogP contribution in [0.2, 0.25) is 0 Å². The fourth-order valence-electron chi connectivity index (χ4n) is 5.19. The van der Waals surface area contributed by atoms with E-state index in [1.54, 1.807) is 0 Å². The van der Waals surface area contributed by atoms with Crippen LogP contribution in [0.1, 0.15) is 174 Å². The van der Waals surface area contributed by atoms with Crippen molar-refractivity contribution in [3.63, 3.8) is 0 Å². The van der Waals surface area contributed by atoms with E-state index in [0.29, 0.717) is 6.61 Å². The first-order chi connectivity index (χ1) is 20.1. The number of hydrogen-bond acceptors (Lipinski definition) is 4. The molecule has 0 aromatic heterocycles. The Morgan fingerprint density at radius 1 is 0.585 bits per heavy atom. The molecular weight excluding hydrogens is 506 g/mol. The van der Waals surface area contributed by atoms with Crippen molar-refractivity contribution in [3.8, 4) is 0 Å². The minimum absolute atomic E-state index is 0.00729. The van der Waals surface area contributed by atoms with Crippen molar-refractivity contribution in [1.82, 2.24) is 4.90 Å². The number of rotatable bonds is 31. The van der Waals surface area contributed by atoms with Gasteiger partial charge >= 0.3 is 6.16 Å². The van der Waals surface area contributed by atoms with E-state index in [-0.39, 0.29) is 6.10 Å². The molecule has 4 nitrogen and oxygen atoms in total. The van der Waals surface area contributed by atoms with Gasteiger partial charge in [-0.15, -0.1) is 0 Å². The molecule has 0 radical (unpaired) electrons. The third-order valence-corrected chi connectivity index (χ3v) is 7.84. The van der Waals surface area contributed by atoms with Gasteiger partial charge in [-0.25, -0.2) is 4.79 Å². The number of nitrogens with zero attached hydrogens (tertiary/aromatic N) is 1. The lowest BCUT2D eigenvalue weighted by atomic mass is 10.0. The van der Waals surface area contributed by atoms with Crippen LogP contribution in [0.25, 0.3) is 0 Å². The molecule has 0 aliphatic rings. The van der Waals surface area contributed by atoms with Gasteiger partial charge < -0.3 is 14.4 Å². The molecule has 0 aromatic rings. The van der Waals surface area contributed by atoms with Crippen LogP contribution < -0.4 is 0 Å². The van der Waals surface area contributed by atoms with E-state index in [1.165, 1.54) is 122 Å². The van der Waals surface area contributed by atoms with Crippen molar-refractivity contribution in [3.05, 3.63) is 24.3 Å². The van der Waals surface area contributed by atoms with Crippen molar-refractivity contribution in [2.45, 2.75) is 180 Å². The second-order valence-corrected chi connectivity index (χ2v) is 12.3. The molecule has 4 heteroatoms. The lowest BCUT2D eigenvalue weighted by Gasteiger charge is -2.18. The molecule has 1 unspecified atom stereocenters. The first-order valence-electron chi connectivity index (χ1n) is 17.9. The van der Waals surface area contributed by atoms with Gasteiger partial charge in [0.05, 0.1) is 6.61 Å². The Bertz CT molecular complexity index is 587. The van der Waals surface area contributed by atoms with Gasteiger partial charge in [0.2, 0.25) is 0 Å². The third-order valence-electron chi connectivity index (χ3n) is 7.84. The van der Waals surface area contributed by atoms with Crippen LogP contribution in [0.3, 0.4) is 0 Å². The number of unbranched alkanes of at least 4 members (excludes halogenated alkanes) is 18. The Morgan fingerprint density at radius 2 is 1.02 bits per heavy atom. The van der Waals surface area contributed by atoms with Gasteiger partial charge in [-0.3, -0.25) is 0 Å². The molecule has 0 N–H and O–H groups in total. The van der Waals surface area contributed by atoms with Gasteiger partial charge in [-0.05, 0) is 78.3 Å². The Kier molecular flexibility index (Phi) is 32.2. The molecule has 1 atom stereocenters. The lowest BCUT2D eigenvalue weighted by Crippen LogP contribution is -2.21. The smallest absolute Gasteiger partial charge is 0.434 e. The Balaban J connectivity index is 4.04. The van der Waals surface area contributed by atoms with Crippen molar-refractivity contribution in [2.75, 3.05) is 27.2 Å². The monoisotopic (exact) mass is 578 g/mol. The average Bonchev–Trinajstić information content (AvgIpc) is 2.95. The zero-order chi connectivity index (χ0) is 30.1. The van der Waals surface area contributed by atoms with Crippen LogP contribution >= 0.6 is 0 Å². The van der Waals surface area contributed by atoms with E-state index in [9.17, 15) is 4.79 Å². The molecule has 41 heavy (non-hydrogen) atoms. The molecule has 0 aliphatic heterocycles. The first kappa shape index (κ1) is 39.7. The van der Waals surface area contributed by atoms with Crippen molar-refractivity contribution in [2.24, 2.45) is 0 Å². The van der Waals surface area contributed by atoms with Crippen molar-refractivity contribution >= 4 is 6.16 Å². The zero-order valence-electron chi connectivity index (χ0n) is 28.2. The minimum Gasteiger partial charge on any atom is -0.434 e. The quantitative estimate of drug-likeness (QED) is 0.0466. The van der Waals surface area contributed by atoms with Gasteiger partial charge in [0, 0.05) is 6.54 Å². The predicted molar refractivity (Wildman–Crippen MR) is 180 cm³/mol. The minimum atomic E-state index is -0.473. The molecule has 0 saturated heterocycles. The van der Waals surface area contributed by atoms with Crippen LogP contribution in [0, 0.1) is 0 Å². The fraction of sp³-hybridized carbons (Fsp3) is 0.865. The lowest BCUT2D eigenvalue weighted by molar-refractivity contribution is 0.0150. The summed E-state index contributed by atoms with van der Waals surface area (Å²) in [4.78, 5) is 14.4. The Morgan fingerprint density at radius 3 is 1.54 bits per heavy atom. The van der Waals surface area contributed by atoms with Gasteiger partial charge in [-0.1, -0.05) is 134 Å². The summed E-state index contributed by atoms with van der Waals surface area (Å²) < 4.78 is 11.1. The summed E-state index contributed by atoms with van der Waals surface area (Å²) in [5, 5.41) is 0. The van der Waals surface area contributed by atoms with Crippen LogP contribution in [-0.4, -0.2) is 44.4 Å². The van der Waals surface area contributed by atoms with E-state index in [2.05, 4.69) is 43.1 Å². The highest BCUT2D eigenvalue weighted by molar-refractivity contribution is 5.60. The molecule has 0 fully saturated rings. The number of ether oxygens (including phenoxy) is 2. The van der Waals surface area contributed by atoms with Gasteiger partial charge in [0.15, 0.2) is 0 Å². The Labute approximate surface area is 257 Å². The average molecular weight is 578 g/mol. The Hall–Kier alpha value is -1.29. The normalized spacial score (nSPS) is 12.6. The zero-order valence-corrected chi connectivity index (χ0v) is 28.2. The van der Waals surface area contributed by atoms with E-state index < -0.39 is 6.16 Å². The largest absolute Gasteiger partial charge is 0.508 e. The molecular formula is C37H71NO3. The molecule has 0 aliphatic carbocycles. The second kappa shape index (κ2) is 33.2. The standard InChI is InChI=1S/C37H71NO3/c1-5-7-9-11-13-15-17-18-19-20-22-24-26-28-30-33-36(41-37(39)40-35-31-34-38(3)4)32-29-27-25-23-21-16-14-12-10-8-6-2/h13,15,18-19,36H,5-12,14,16-17,20-35H2,1-4H3/b15-13-,19-18-. The number of carbonyl (C=O) groups excluding carboxylic acids is 1. The predicted octanol–water partition coefficient (Wildman–Crippen LogP) is 12.0. The number of allylic oxidation sites excluding steroid dienone is 4. The molecule has 0 heterocycles. The summed E-state index contributed by atoms with van der Waals surface area (Å²) in [7, 11) is 4.07. The summed E-state index contributed by atoms with van der Waals surface area (Å²) in [6.07, 6.45) is 40.0. The van der Waals surface area contributed by atoms with E-state index in [0.717, 1.165) is 45.1 Å². The number of carbonyl (C=O) groups is 1. The van der Waals surface area contributed by atoms with Gasteiger partial charge in [0.25, 0.3) is 0 Å². The van der Waals surface area contributed by atoms with E-state index in [4.69, 9.17) is 9.47 Å². The van der Waals surface area contributed by atoms with E-state index >= 15 is 0 Å². The highest BCUT2D eigenvalue weighted by Crippen LogP contribution is 2.18. The topological polar surface area (TPSA) is 38.8 Å². The summed E-state index contributed by atoms with van der Waals surface area (Å²) in [6.45, 7) is 5.89. The summed E-state index contributed by atoms with van der Waals surface area (Å²) in [6, 6.07) is 0. The fourth-order valence-corrected chi connectivity index (χ4v) is 5.19. The molecule has 0 rings (SSSR count). The van der Waals surface area contributed by atoms with Gasteiger partial charge in [0.1, 0.15) is 6.10 Å². The molecule has 0 saturated carbocycles. The van der Waals surface area contributed by atoms with Crippen LogP contribution in [-0.2, 0) is 9.47 Å². The van der Waals surface area contributed by atoms with Crippen LogP contribution in [0.4, 0.5) is 4.79 Å². The second-order valence-electron chi connectivity index (χ2n) is 12.3. The molecule has 0 amide bonds. The molecule has 0 aromatic carbocycles. The third kappa shape index (κ3) is 33.1. The highest BCUT2D eigenvalue weighted by atomic mass is 16.7. The van der Waals surface area contributed by atoms with Crippen molar-refractivity contribution in [1.29, 1.82) is 0 Å². The maximum Gasteiger partial charge on any atom is 0.508 e. The molecule has 0 bridgehead atoms. The highest BCUT2D eigenvalue weighted by Gasteiger charge is 2.15. The van der Waals surface area contributed by atoms with E-state index in [1.807, 2.05) is 14.1 Å². The maximum absolute atomic E-state index is 12.3. The molecule has 0 spiro atoms. The molecule has 242 valence electrons. The summed E-state index contributed by atoms with van der Waals surface area (Å²) in [5.74, 6) is 0. The van der Waals surface area contributed by atoms with Crippen molar-refractivity contribution < 1.29 is 14.3 Å². The summed E-state index contributed by atoms with van der Waals surface area (Å²) in [5.41, 5.74) is 0. The van der Waals surface area contributed by atoms with Crippen LogP contribution in [0.15, 0.2) is 24.3 Å². The SMILES string of the molecule is CCCCC/C=C\C/C=C\CCCCCCCC(CCCCCCCCCCCCC)OC(=O)OCCCN(C)C. The summed E-state index contributed by atoms with van der Waals surface area (Å²) >= 11 is 0.